The summed E-state index contributed by atoms with van der Waals surface area (Å²) in [6, 6.07) is 5.50. The molecule has 0 unspecified atom stereocenters. The molecule has 0 atom stereocenters. The second-order valence-corrected chi connectivity index (χ2v) is 5.77. The van der Waals surface area contributed by atoms with Crippen molar-refractivity contribution in [1.29, 1.82) is 0 Å². The van der Waals surface area contributed by atoms with Gasteiger partial charge in [-0.3, -0.25) is 4.98 Å². The molecule has 0 bridgehead atoms. The number of aromatic nitrogens is 1. The van der Waals surface area contributed by atoms with Crippen molar-refractivity contribution in [2.75, 3.05) is 12.0 Å². The lowest BCUT2D eigenvalue weighted by atomic mass is 10.0. The Labute approximate surface area is 118 Å². The number of aryl methyl sites for hydroxylation is 1. The highest BCUT2D eigenvalue weighted by molar-refractivity contribution is 9.10. The van der Waals surface area contributed by atoms with Crippen molar-refractivity contribution in [1.82, 2.24) is 4.98 Å². The summed E-state index contributed by atoms with van der Waals surface area (Å²) in [5.74, 6) is -0.00169. The highest BCUT2D eigenvalue weighted by atomic mass is 79.9. The monoisotopic (exact) mass is 325 g/mol. The summed E-state index contributed by atoms with van der Waals surface area (Å²) in [6.07, 6.45) is 4.40. The molecule has 2 rings (SSSR count). The van der Waals surface area contributed by atoms with Gasteiger partial charge >= 0.3 is 5.97 Å². The molecule has 5 heteroatoms. The van der Waals surface area contributed by atoms with E-state index >= 15 is 0 Å². The molecule has 0 fully saturated rings. The molecule has 2 aromatic rings. The Morgan fingerprint density at radius 1 is 1.50 bits per heavy atom. The molecule has 0 radical (unpaired) electrons. The lowest BCUT2D eigenvalue weighted by molar-refractivity contribution is 0.0698. The Hall–Kier alpha value is -1.07. The van der Waals surface area contributed by atoms with Crippen LogP contribution in [0.1, 0.15) is 15.9 Å². The van der Waals surface area contributed by atoms with E-state index in [-0.39, 0.29) is 0 Å². The summed E-state index contributed by atoms with van der Waals surface area (Å²) >= 11 is 5.06. The number of hydrogen-bond acceptors (Lipinski definition) is 3. The predicted molar refractivity (Wildman–Crippen MR) is 78.5 cm³/mol. The van der Waals surface area contributed by atoms with Gasteiger partial charge in [-0.2, -0.15) is 11.8 Å². The summed E-state index contributed by atoms with van der Waals surface area (Å²) in [5.41, 5.74) is 1.88. The third-order valence-corrected chi connectivity index (χ3v) is 3.80. The maximum absolute atomic E-state index is 11.5. The van der Waals surface area contributed by atoms with Crippen molar-refractivity contribution in [3.8, 4) is 0 Å². The van der Waals surface area contributed by atoms with E-state index in [1.54, 1.807) is 18.0 Å². The number of rotatable bonds is 4. The number of halogens is 1. The van der Waals surface area contributed by atoms with Gasteiger partial charge in [0.05, 0.1) is 11.1 Å². The molecule has 1 aromatic carbocycles. The zero-order chi connectivity index (χ0) is 13.1. The second-order valence-electron chi connectivity index (χ2n) is 3.87. The molecule has 0 saturated carbocycles. The van der Waals surface area contributed by atoms with Gasteiger partial charge in [-0.15, -0.1) is 0 Å². The van der Waals surface area contributed by atoms with E-state index in [1.807, 2.05) is 24.5 Å². The largest absolute Gasteiger partial charge is 0.478 e. The molecule has 3 nitrogen and oxygen atoms in total. The number of hydrogen-bond donors (Lipinski definition) is 1. The number of carboxylic acids is 1. The topological polar surface area (TPSA) is 50.2 Å². The summed E-state index contributed by atoms with van der Waals surface area (Å²) in [4.78, 5) is 15.8. The van der Waals surface area contributed by atoms with Crippen molar-refractivity contribution in [2.45, 2.75) is 6.42 Å². The van der Waals surface area contributed by atoms with Gasteiger partial charge in [0.25, 0.3) is 0 Å². The van der Waals surface area contributed by atoms with Crippen LogP contribution in [0.15, 0.2) is 28.9 Å². The van der Waals surface area contributed by atoms with Gasteiger partial charge < -0.3 is 5.11 Å². The van der Waals surface area contributed by atoms with Crippen LogP contribution in [0.25, 0.3) is 10.9 Å². The number of pyridine rings is 1. The van der Waals surface area contributed by atoms with E-state index in [2.05, 4.69) is 20.9 Å². The third-order valence-electron chi connectivity index (χ3n) is 2.70. The van der Waals surface area contributed by atoms with Crippen LogP contribution < -0.4 is 0 Å². The van der Waals surface area contributed by atoms with Crippen LogP contribution in [0.2, 0.25) is 0 Å². The minimum Gasteiger partial charge on any atom is -0.478 e. The highest BCUT2D eigenvalue weighted by Gasteiger charge is 2.15. The Balaban J connectivity index is 2.65. The molecule has 0 amide bonds. The lowest BCUT2D eigenvalue weighted by Crippen LogP contribution is -2.06. The molecule has 0 spiro atoms. The van der Waals surface area contributed by atoms with Crippen LogP contribution in [0.5, 0.6) is 0 Å². The van der Waals surface area contributed by atoms with Gasteiger partial charge in [0, 0.05) is 16.1 Å². The van der Waals surface area contributed by atoms with Gasteiger partial charge in [0.2, 0.25) is 0 Å². The first-order valence-electron chi connectivity index (χ1n) is 5.43. The average molecular weight is 326 g/mol. The number of aromatic carboxylic acids is 1. The number of carboxylic acid groups (broad SMARTS) is 1. The summed E-state index contributed by atoms with van der Waals surface area (Å²) in [7, 11) is 0. The highest BCUT2D eigenvalue weighted by Crippen LogP contribution is 2.25. The molecule has 1 N–H and O–H groups in total. The number of carbonyl (C=O) groups is 1. The van der Waals surface area contributed by atoms with E-state index < -0.39 is 5.97 Å². The Morgan fingerprint density at radius 3 is 2.94 bits per heavy atom. The number of fused-ring (bicyclic) bond motifs is 1. The summed E-state index contributed by atoms with van der Waals surface area (Å²) < 4.78 is 0.862. The molecule has 1 aromatic heterocycles. The number of nitrogens with zero attached hydrogens (tertiary/aromatic N) is 1. The molecule has 0 aliphatic rings. The zero-order valence-corrected chi connectivity index (χ0v) is 12.2. The number of thioether (sulfide) groups is 1. The first-order valence-corrected chi connectivity index (χ1v) is 7.61. The van der Waals surface area contributed by atoms with Gasteiger partial charge in [0.1, 0.15) is 0 Å². The van der Waals surface area contributed by atoms with E-state index in [0.29, 0.717) is 16.5 Å². The predicted octanol–water partition coefficient (Wildman–Crippen LogP) is 3.60. The zero-order valence-electron chi connectivity index (χ0n) is 9.81. The molecule has 0 aliphatic heterocycles. The fourth-order valence-corrected chi connectivity index (χ4v) is 2.65. The Bertz CT molecular complexity index is 601. The van der Waals surface area contributed by atoms with Gasteiger partial charge in [-0.05, 0) is 42.2 Å². The fraction of sp³-hybridized carbons (Fsp3) is 0.231. The Morgan fingerprint density at radius 2 is 2.28 bits per heavy atom. The molecular formula is C13H12BrNO2S. The van der Waals surface area contributed by atoms with Crippen LogP contribution in [-0.4, -0.2) is 28.1 Å². The normalized spacial score (nSPS) is 10.8. The van der Waals surface area contributed by atoms with Crippen molar-refractivity contribution in [3.63, 3.8) is 0 Å². The van der Waals surface area contributed by atoms with Crippen molar-refractivity contribution in [2.24, 2.45) is 0 Å². The van der Waals surface area contributed by atoms with Crippen LogP contribution in [-0.2, 0) is 6.42 Å². The molecule has 0 aliphatic carbocycles. The first kappa shape index (κ1) is 13.4. The van der Waals surface area contributed by atoms with Gasteiger partial charge in [0.15, 0.2) is 0 Å². The van der Waals surface area contributed by atoms with Crippen molar-refractivity contribution >= 4 is 44.6 Å². The molecular weight excluding hydrogens is 314 g/mol. The smallest absolute Gasteiger partial charge is 0.336 e. The van der Waals surface area contributed by atoms with Gasteiger partial charge in [-0.1, -0.05) is 15.9 Å². The fourth-order valence-electron chi connectivity index (χ4n) is 1.86. The summed E-state index contributed by atoms with van der Waals surface area (Å²) in [5, 5.41) is 10.1. The first-order chi connectivity index (χ1) is 8.63. The van der Waals surface area contributed by atoms with Crippen LogP contribution in [0.3, 0.4) is 0 Å². The standard InChI is InChI=1S/C13H12BrNO2S/c1-18-5-4-8-7-15-11-3-2-9(14)6-10(11)12(8)13(16)17/h2-3,6-7H,4-5H2,1H3,(H,16,17). The van der Waals surface area contributed by atoms with Gasteiger partial charge in [-0.25, -0.2) is 4.79 Å². The van der Waals surface area contributed by atoms with Crippen LogP contribution in [0, 0.1) is 0 Å². The van der Waals surface area contributed by atoms with Crippen molar-refractivity contribution in [3.05, 3.63) is 40.0 Å². The van der Waals surface area contributed by atoms with E-state index in [0.717, 1.165) is 22.2 Å². The minimum absolute atomic E-state index is 0.371. The van der Waals surface area contributed by atoms with E-state index in [9.17, 15) is 9.90 Å². The maximum Gasteiger partial charge on any atom is 0.336 e. The minimum atomic E-state index is -0.892. The van der Waals surface area contributed by atoms with E-state index in [1.165, 1.54) is 0 Å². The van der Waals surface area contributed by atoms with Crippen LogP contribution >= 0.6 is 27.7 Å². The molecule has 1 heterocycles. The van der Waals surface area contributed by atoms with Crippen molar-refractivity contribution < 1.29 is 9.90 Å². The Kier molecular flexibility index (Phi) is 4.24. The third kappa shape index (κ3) is 2.67. The molecule has 18 heavy (non-hydrogen) atoms. The molecule has 0 saturated heterocycles. The average Bonchev–Trinajstić information content (AvgIpc) is 2.34. The SMILES string of the molecule is CSCCc1cnc2ccc(Br)cc2c1C(=O)O. The quantitative estimate of drug-likeness (QED) is 0.933. The number of benzene rings is 1. The molecule has 94 valence electrons. The lowest BCUT2D eigenvalue weighted by Gasteiger charge is -2.09. The van der Waals surface area contributed by atoms with E-state index in [4.69, 9.17) is 0 Å². The van der Waals surface area contributed by atoms with Crippen LogP contribution in [0.4, 0.5) is 0 Å². The second kappa shape index (κ2) is 5.71. The summed E-state index contributed by atoms with van der Waals surface area (Å²) in [6.45, 7) is 0. The maximum atomic E-state index is 11.5.